The summed E-state index contributed by atoms with van der Waals surface area (Å²) in [7, 11) is 0. The molecule has 0 rings (SSSR count). The van der Waals surface area contributed by atoms with Crippen molar-refractivity contribution in [3.63, 3.8) is 0 Å². The first-order valence-corrected chi connectivity index (χ1v) is 8.00. The van der Waals surface area contributed by atoms with Crippen LogP contribution in [0.3, 0.4) is 0 Å². The SMILES string of the molecule is CCOC(=O)C(CC)CCCCCCCCCC(=O)O. The monoisotopic (exact) mass is 286 g/mol. The van der Waals surface area contributed by atoms with E-state index in [0.29, 0.717) is 6.61 Å². The van der Waals surface area contributed by atoms with E-state index in [1.54, 1.807) is 0 Å². The lowest BCUT2D eigenvalue weighted by atomic mass is 9.98. The minimum atomic E-state index is -0.699. The molecule has 0 bridgehead atoms. The molecule has 0 aliphatic rings. The van der Waals surface area contributed by atoms with Crippen molar-refractivity contribution < 1.29 is 19.4 Å². The molecule has 0 aliphatic carbocycles. The minimum Gasteiger partial charge on any atom is -0.481 e. The molecule has 0 amide bonds. The minimum absolute atomic E-state index is 0.0522. The average molecular weight is 286 g/mol. The summed E-state index contributed by atoms with van der Waals surface area (Å²) in [6, 6.07) is 0. The van der Waals surface area contributed by atoms with Crippen molar-refractivity contribution >= 4 is 11.9 Å². The molecular weight excluding hydrogens is 256 g/mol. The van der Waals surface area contributed by atoms with Gasteiger partial charge in [0.2, 0.25) is 0 Å². The van der Waals surface area contributed by atoms with Crippen LogP contribution in [0.5, 0.6) is 0 Å². The lowest BCUT2D eigenvalue weighted by Crippen LogP contribution is -2.16. The Morgan fingerprint density at radius 2 is 1.50 bits per heavy atom. The summed E-state index contributed by atoms with van der Waals surface area (Å²) in [6.45, 7) is 4.34. The van der Waals surface area contributed by atoms with Gasteiger partial charge in [0.25, 0.3) is 0 Å². The molecule has 0 aromatic heterocycles. The molecule has 1 atom stereocenters. The van der Waals surface area contributed by atoms with E-state index >= 15 is 0 Å². The molecule has 0 fully saturated rings. The van der Waals surface area contributed by atoms with E-state index in [1.807, 2.05) is 13.8 Å². The highest BCUT2D eigenvalue weighted by Crippen LogP contribution is 2.17. The van der Waals surface area contributed by atoms with Gasteiger partial charge in [0.05, 0.1) is 12.5 Å². The van der Waals surface area contributed by atoms with Crippen molar-refractivity contribution in [2.75, 3.05) is 6.61 Å². The van der Waals surface area contributed by atoms with Crippen LogP contribution in [0.25, 0.3) is 0 Å². The first-order valence-electron chi connectivity index (χ1n) is 8.00. The van der Waals surface area contributed by atoms with Gasteiger partial charge in [-0.2, -0.15) is 0 Å². The molecule has 0 aromatic rings. The van der Waals surface area contributed by atoms with Crippen molar-refractivity contribution in [3.8, 4) is 0 Å². The van der Waals surface area contributed by atoms with Crippen molar-refractivity contribution in [3.05, 3.63) is 0 Å². The fourth-order valence-electron chi connectivity index (χ4n) is 2.30. The van der Waals surface area contributed by atoms with Crippen molar-refractivity contribution in [2.24, 2.45) is 5.92 Å². The van der Waals surface area contributed by atoms with Crippen LogP contribution in [0, 0.1) is 5.92 Å². The maximum Gasteiger partial charge on any atom is 0.308 e. The Morgan fingerprint density at radius 3 is 2.00 bits per heavy atom. The second kappa shape index (κ2) is 12.9. The molecule has 0 aromatic carbocycles. The van der Waals surface area contributed by atoms with Crippen molar-refractivity contribution in [1.82, 2.24) is 0 Å². The molecule has 0 aliphatic heterocycles. The molecule has 0 saturated carbocycles. The number of unbranched alkanes of at least 4 members (excludes halogenated alkanes) is 6. The van der Waals surface area contributed by atoms with Crippen LogP contribution in [0.15, 0.2) is 0 Å². The maximum absolute atomic E-state index is 11.6. The Bertz CT molecular complexity index is 263. The molecule has 0 heterocycles. The lowest BCUT2D eigenvalue weighted by Gasteiger charge is -2.13. The predicted octanol–water partition coefficient (Wildman–Crippen LogP) is 4.17. The highest BCUT2D eigenvalue weighted by Gasteiger charge is 2.16. The summed E-state index contributed by atoms with van der Waals surface area (Å²) < 4.78 is 5.05. The molecule has 118 valence electrons. The zero-order chi connectivity index (χ0) is 15.2. The van der Waals surface area contributed by atoms with Crippen LogP contribution in [0.4, 0.5) is 0 Å². The number of carboxylic acid groups (broad SMARTS) is 1. The maximum atomic E-state index is 11.6. The molecule has 1 unspecified atom stereocenters. The molecule has 4 heteroatoms. The highest BCUT2D eigenvalue weighted by atomic mass is 16.5. The molecule has 0 saturated heterocycles. The quantitative estimate of drug-likeness (QED) is 0.407. The van der Waals surface area contributed by atoms with E-state index in [4.69, 9.17) is 9.84 Å². The predicted molar refractivity (Wildman–Crippen MR) is 79.6 cm³/mol. The fourth-order valence-corrected chi connectivity index (χ4v) is 2.30. The fraction of sp³-hybridized carbons (Fsp3) is 0.875. The van der Waals surface area contributed by atoms with E-state index in [9.17, 15) is 9.59 Å². The standard InChI is InChI=1S/C16H30O4/c1-3-14(16(19)20-4-2)12-10-8-6-5-7-9-11-13-15(17)18/h14H,3-13H2,1-2H3,(H,17,18). The van der Waals surface area contributed by atoms with Gasteiger partial charge in [-0.1, -0.05) is 45.4 Å². The zero-order valence-corrected chi connectivity index (χ0v) is 13.0. The number of esters is 1. The van der Waals surface area contributed by atoms with E-state index in [2.05, 4.69) is 0 Å². The summed E-state index contributed by atoms with van der Waals surface area (Å²) in [6.07, 6.45) is 9.54. The van der Waals surface area contributed by atoms with Crippen LogP contribution in [0.1, 0.15) is 78.1 Å². The number of hydrogen-bond donors (Lipinski definition) is 1. The summed E-state index contributed by atoms with van der Waals surface area (Å²) in [5.74, 6) is -0.691. The number of carbonyl (C=O) groups excluding carboxylic acids is 1. The Morgan fingerprint density at radius 1 is 0.950 bits per heavy atom. The van der Waals surface area contributed by atoms with E-state index in [-0.39, 0.29) is 18.3 Å². The topological polar surface area (TPSA) is 63.6 Å². The Kier molecular flexibility index (Phi) is 12.3. The van der Waals surface area contributed by atoms with Gasteiger partial charge < -0.3 is 9.84 Å². The van der Waals surface area contributed by atoms with Crippen LogP contribution < -0.4 is 0 Å². The van der Waals surface area contributed by atoms with Crippen LogP contribution in [-0.4, -0.2) is 23.7 Å². The van der Waals surface area contributed by atoms with E-state index in [0.717, 1.165) is 51.4 Å². The van der Waals surface area contributed by atoms with Gasteiger partial charge in [0.1, 0.15) is 0 Å². The van der Waals surface area contributed by atoms with Crippen LogP contribution in [0.2, 0.25) is 0 Å². The van der Waals surface area contributed by atoms with Gasteiger partial charge in [-0.25, -0.2) is 0 Å². The summed E-state index contributed by atoms with van der Waals surface area (Å²) in [4.78, 5) is 21.9. The van der Waals surface area contributed by atoms with Crippen molar-refractivity contribution in [1.29, 1.82) is 0 Å². The molecule has 4 nitrogen and oxygen atoms in total. The van der Waals surface area contributed by atoms with Gasteiger partial charge in [0, 0.05) is 6.42 Å². The summed E-state index contributed by atoms with van der Waals surface area (Å²) >= 11 is 0. The number of hydrogen-bond acceptors (Lipinski definition) is 3. The Balaban J connectivity index is 3.42. The molecule has 20 heavy (non-hydrogen) atoms. The van der Waals surface area contributed by atoms with Gasteiger partial charge in [-0.15, -0.1) is 0 Å². The molecule has 0 spiro atoms. The van der Waals surface area contributed by atoms with E-state index in [1.165, 1.54) is 6.42 Å². The molecule has 1 N–H and O–H groups in total. The van der Waals surface area contributed by atoms with Crippen LogP contribution >= 0.6 is 0 Å². The van der Waals surface area contributed by atoms with Crippen LogP contribution in [-0.2, 0) is 14.3 Å². The molecule has 0 radical (unpaired) electrons. The van der Waals surface area contributed by atoms with Crippen molar-refractivity contribution in [2.45, 2.75) is 78.1 Å². The third kappa shape index (κ3) is 10.8. The lowest BCUT2D eigenvalue weighted by molar-refractivity contribution is -0.148. The third-order valence-electron chi connectivity index (χ3n) is 3.56. The van der Waals surface area contributed by atoms with Gasteiger partial charge in [-0.3, -0.25) is 9.59 Å². The summed E-state index contributed by atoms with van der Waals surface area (Å²) in [5, 5.41) is 8.51. The largest absolute Gasteiger partial charge is 0.481 e. The van der Waals surface area contributed by atoms with Gasteiger partial charge in [-0.05, 0) is 26.2 Å². The Hall–Kier alpha value is -1.06. The number of ether oxygens (including phenoxy) is 1. The number of rotatable bonds is 13. The second-order valence-corrected chi connectivity index (χ2v) is 5.26. The highest BCUT2D eigenvalue weighted by molar-refractivity contribution is 5.72. The van der Waals surface area contributed by atoms with E-state index < -0.39 is 5.97 Å². The normalized spacial score (nSPS) is 12.1. The zero-order valence-electron chi connectivity index (χ0n) is 13.0. The third-order valence-corrected chi connectivity index (χ3v) is 3.56. The number of aliphatic carboxylic acids is 1. The Labute approximate surface area is 122 Å². The summed E-state index contributed by atoms with van der Waals surface area (Å²) in [5.41, 5.74) is 0. The smallest absolute Gasteiger partial charge is 0.308 e. The average Bonchev–Trinajstić information content (AvgIpc) is 2.41. The first kappa shape index (κ1) is 18.9. The first-order chi connectivity index (χ1) is 9.61. The second-order valence-electron chi connectivity index (χ2n) is 5.26. The molecular formula is C16H30O4. The van der Waals surface area contributed by atoms with Gasteiger partial charge in [0.15, 0.2) is 0 Å². The van der Waals surface area contributed by atoms with Gasteiger partial charge >= 0.3 is 11.9 Å². The number of carboxylic acids is 1. The number of carbonyl (C=O) groups is 2.